The van der Waals surface area contributed by atoms with Crippen LogP contribution >= 0.6 is 0 Å². The standard InChI is InChI=1S/C20H21N7O/c1-27(12-15-7-5-6-14(10-15)11-21)13-18-24-19(22)26-20(25-18)23-16-8-3-4-9-17(16)28-2/h3-10H,12-13H2,1-2H3,(H3,22,23,24,25,26). The van der Waals surface area contributed by atoms with Gasteiger partial charge in [0.2, 0.25) is 11.9 Å². The van der Waals surface area contributed by atoms with Gasteiger partial charge in [-0.05, 0) is 36.9 Å². The van der Waals surface area contributed by atoms with E-state index in [-0.39, 0.29) is 5.95 Å². The zero-order chi connectivity index (χ0) is 19.9. The number of benzene rings is 2. The highest BCUT2D eigenvalue weighted by Gasteiger charge is 2.10. The molecule has 0 saturated carbocycles. The van der Waals surface area contributed by atoms with Crippen molar-refractivity contribution in [2.45, 2.75) is 13.1 Å². The topological polar surface area (TPSA) is 113 Å². The minimum absolute atomic E-state index is 0.141. The molecule has 0 unspecified atom stereocenters. The number of hydrogen-bond donors (Lipinski definition) is 2. The molecule has 0 amide bonds. The normalized spacial score (nSPS) is 10.5. The third kappa shape index (κ3) is 4.93. The first kappa shape index (κ1) is 19.1. The first-order valence-electron chi connectivity index (χ1n) is 8.65. The second-order valence-corrected chi connectivity index (χ2v) is 6.24. The van der Waals surface area contributed by atoms with Gasteiger partial charge >= 0.3 is 0 Å². The van der Waals surface area contributed by atoms with Crippen molar-refractivity contribution in [3.05, 3.63) is 65.5 Å². The summed E-state index contributed by atoms with van der Waals surface area (Å²) in [6.45, 7) is 1.13. The van der Waals surface area contributed by atoms with Gasteiger partial charge in [0, 0.05) is 6.54 Å². The van der Waals surface area contributed by atoms with Crippen LogP contribution in [0.4, 0.5) is 17.6 Å². The van der Waals surface area contributed by atoms with Crippen LogP contribution in [0.5, 0.6) is 5.75 Å². The van der Waals surface area contributed by atoms with Crippen LogP contribution in [0, 0.1) is 11.3 Å². The molecule has 0 aliphatic heterocycles. The lowest BCUT2D eigenvalue weighted by atomic mass is 10.1. The Balaban J connectivity index is 1.73. The van der Waals surface area contributed by atoms with E-state index in [0.717, 1.165) is 11.3 Å². The lowest BCUT2D eigenvalue weighted by Gasteiger charge is -2.16. The molecule has 28 heavy (non-hydrogen) atoms. The van der Waals surface area contributed by atoms with Crippen LogP contribution in [-0.2, 0) is 13.1 Å². The highest BCUT2D eigenvalue weighted by atomic mass is 16.5. The third-order valence-electron chi connectivity index (χ3n) is 3.97. The van der Waals surface area contributed by atoms with Gasteiger partial charge in [-0.2, -0.15) is 20.2 Å². The zero-order valence-corrected chi connectivity index (χ0v) is 15.8. The van der Waals surface area contributed by atoms with Crippen molar-refractivity contribution < 1.29 is 4.74 Å². The van der Waals surface area contributed by atoms with Crippen molar-refractivity contribution in [2.75, 3.05) is 25.2 Å². The Morgan fingerprint density at radius 2 is 1.93 bits per heavy atom. The van der Waals surface area contributed by atoms with Crippen LogP contribution < -0.4 is 15.8 Å². The number of nitrogens with two attached hydrogens (primary N) is 1. The minimum Gasteiger partial charge on any atom is -0.495 e. The van der Waals surface area contributed by atoms with Crippen LogP contribution in [0.2, 0.25) is 0 Å². The van der Waals surface area contributed by atoms with E-state index in [4.69, 9.17) is 15.7 Å². The Labute approximate surface area is 163 Å². The molecule has 0 aliphatic rings. The fraction of sp³-hybridized carbons (Fsp3) is 0.200. The van der Waals surface area contributed by atoms with E-state index in [0.29, 0.717) is 36.2 Å². The van der Waals surface area contributed by atoms with Gasteiger partial charge in [-0.25, -0.2) is 0 Å². The molecule has 1 aromatic heterocycles. The number of nitrogens with zero attached hydrogens (tertiary/aromatic N) is 5. The van der Waals surface area contributed by atoms with Crippen LogP contribution in [0.25, 0.3) is 0 Å². The number of anilines is 3. The Bertz CT molecular complexity index is 1000. The number of nitriles is 1. The summed E-state index contributed by atoms with van der Waals surface area (Å²) < 4.78 is 5.33. The molecule has 0 spiro atoms. The van der Waals surface area contributed by atoms with Crippen molar-refractivity contribution in [3.8, 4) is 11.8 Å². The fourth-order valence-corrected chi connectivity index (χ4v) is 2.78. The molecule has 0 radical (unpaired) electrons. The molecule has 8 nitrogen and oxygen atoms in total. The number of nitrogen functional groups attached to an aromatic ring is 1. The van der Waals surface area contributed by atoms with Gasteiger partial charge in [-0.1, -0.05) is 24.3 Å². The number of rotatable bonds is 7. The Kier molecular flexibility index (Phi) is 5.99. The summed E-state index contributed by atoms with van der Waals surface area (Å²) >= 11 is 0. The second-order valence-electron chi connectivity index (χ2n) is 6.24. The molecule has 3 rings (SSSR count). The van der Waals surface area contributed by atoms with E-state index in [1.165, 1.54) is 0 Å². The van der Waals surface area contributed by atoms with Crippen molar-refractivity contribution in [1.82, 2.24) is 19.9 Å². The van der Waals surface area contributed by atoms with E-state index in [9.17, 15) is 0 Å². The number of hydrogen-bond acceptors (Lipinski definition) is 8. The predicted molar refractivity (Wildman–Crippen MR) is 107 cm³/mol. The molecule has 3 aromatic rings. The van der Waals surface area contributed by atoms with Gasteiger partial charge in [-0.15, -0.1) is 0 Å². The summed E-state index contributed by atoms with van der Waals surface area (Å²) in [5.41, 5.74) is 8.28. The third-order valence-corrected chi connectivity index (χ3v) is 3.97. The zero-order valence-electron chi connectivity index (χ0n) is 15.8. The molecule has 0 fully saturated rings. The molecule has 8 heteroatoms. The van der Waals surface area contributed by atoms with Gasteiger partial charge in [0.05, 0.1) is 31.0 Å². The average Bonchev–Trinajstić information content (AvgIpc) is 2.68. The number of nitrogens with one attached hydrogen (secondary N) is 1. The van der Waals surface area contributed by atoms with E-state index >= 15 is 0 Å². The van der Waals surface area contributed by atoms with Gasteiger partial charge in [0.1, 0.15) is 11.6 Å². The fourth-order valence-electron chi connectivity index (χ4n) is 2.78. The van der Waals surface area contributed by atoms with Gasteiger partial charge < -0.3 is 15.8 Å². The maximum Gasteiger partial charge on any atom is 0.232 e. The maximum absolute atomic E-state index is 9.03. The molecule has 142 valence electrons. The maximum atomic E-state index is 9.03. The van der Waals surface area contributed by atoms with Crippen molar-refractivity contribution in [2.24, 2.45) is 0 Å². The monoisotopic (exact) mass is 375 g/mol. The van der Waals surface area contributed by atoms with Crippen LogP contribution in [0.3, 0.4) is 0 Å². The Hall–Kier alpha value is -3.70. The Morgan fingerprint density at radius 1 is 1.11 bits per heavy atom. The summed E-state index contributed by atoms with van der Waals surface area (Å²) in [6.07, 6.45) is 0. The smallest absolute Gasteiger partial charge is 0.232 e. The van der Waals surface area contributed by atoms with Crippen molar-refractivity contribution in [3.63, 3.8) is 0 Å². The quantitative estimate of drug-likeness (QED) is 0.648. The molecule has 3 N–H and O–H groups in total. The SMILES string of the molecule is COc1ccccc1Nc1nc(N)nc(CN(C)Cc2cccc(C#N)c2)n1. The highest BCUT2D eigenvalue weighted by Crippen LogP contribution is 2.25. The molecule has 0 atom stereocenters. The molecule has 0 bridgehead atoms. The number of aromatic nitrogens is 3. The van der Waals surface area contributed by atoms with Crippen molar-refractivity contribution in [1.29, 1.82) is 5.26 Å². The summed E-state index contributed by atoms with van der Waals surface area (Å²) in [4.78, 5) is 14.9. The molecular weight excluding hydrogens is 354 g/mol. The number of ether oxygens (including phenoxy) is 1. The molecule has 1 heterocycles. The molecular formula is C20H21N7O. The minimum atomic E-state index is 0.141. The van der Waals surface area contributed by atoms with Crippen molar-refractivity contribution >= 4 is 17.6 Å². The molecule has 2 aromatic carbocycles. The summed E-state index contributed by atoms with van der Waals surface area (Å²) in [5, 5.41) is 12.2. The van der Waals surface area contributed by atoms with E-state index in [2.05, 4.69) is 26.3 Å². The summed E-state index contributed by atoms with van der Waals surface area (Å²) in [6, 6.07) is 17.1. The van der Waals surface area contributed by atoms with E-state index in [1.807, 2.05) is 54.4 Å². The summed E-state index contributed by atoms with van der Waals surface area (Å²) in [7, 11) is 3.55. The van der Waals surface area contributed by atoms with Crippen LogP contribution in [0.1, 0.15) is 17.0 Å². The first-order chi connectivity index (χ1) is 13.6. The lowest BCUT2D eigenvalue weighted by molar-refractivity contribution is 0.310. The van der Waals surface area contributed by atoms with Gasteiger partial charge in [0.25, 0.3) is 0 Å². The number of para-hydroxylation sites is 2. The Morgan fingerprint density at radius 3 is 2.71 bits per heavy atom. The largest absolute Gasteiger partial charge is 0.495 e. The number of methoxy groups -OCH3 is 1. The predicted octanol–water partition coefficient (Wildman–Crippen LogP) is 2.71. The second kappa shape index (κ2) is 8.79. The average molecular weight is 375 g/mol. The van der Waals surface area contributed by atoms with E-state index in [1.54, 1.807) is 13.2 Å². The van der Waals surface area contributed by atoms with Gasteiger partial charge in [0.15, 0.2) is 0 Å². The van der Waals surface area contributed by atoms with Gasteiger partial charge in [-0.3, -0.25) is 4.90 Å². The first-order valence-corrected chi connectivity index (χ1v) is 8.65. The molecule has 0 saturated heterocycles. The van der Waals surface area contributed by atoms with Crippen LogP contribution in [0.15, 0.2) is 48.5 Å². The van der Waals surface area contributed by atoms with E-state index < -0.39 is 0 Å². The van der Waals surface area contributed by atoms with Crippen LogP contribution in [-0.4, -0.2) is 34.0 Å². The molecule has 0 aliphatic carbocycles. The highest BCUT2D eigenvalue weighted by molar-refractivity contribution is 5.62. The summed E-state index contributed by atoms with van der Waals surface area (Å²) in [5.74, 6) is 1.72. The lowest BCUT2D eigenvalue weighted by Crippen LogP contribution is -2.20.